The Morgan fingerprint density at radius 1 is 1.46 bits per heavy atom. The topological polar surface area (TPSA) is 48.6 Å². The summed E-state index contributed by atoms with van der Waals surface area (Å²) in [7, 11) is 0. The van der Waals surface area contributed by atoms with Crippen LogP contribution in [0.2, 0.25) is 0 Å². The van der Waals surface area contributed by atoms with Gasteiger partial charge in [0.25, 0.3) is 5.56 Å². The molecule has 0 aromatic carbocycles. The predicted molar refractivity (Wildman–Crippen MR) is 55.6 cm³/mol. The summed E-state index contributed by atoms with van der Waals surface area (Å²) in [5.74, 6) is 0. The molecule has 3 nitrogen and oxygen atoms in total. The first-order chi connectivity index (χ1) is 6.27. The lowest BCUT2D eigenvalue weighted by atomic mass is 10.3. The normalized spacial score (nSPS) is 10.2. The molecule has 0 spiro atoms. The van der Waals surface area contributed by atoms with E-state index in [0.717, 1.165) is 4.88 Å². The van der Waals surface area contributed by atoms with Crippen LogP contribution in [0, 0.1) is 4.77 Å². The number of rotatable bonds is 1. The van der Waals surface area contributed by atoms with E-state index in [9.17, 15) is 4.79 Å². The van der Waals surface area contributed by atoms with Crippen LogP contribution in [0.25, 0.3) is 10.4 Å². The first-order valence-corrected chi connectivity index (χ1v) is 4.92. The highest BCUT2D eigenvalue weighted by molar-refractivity contribution is 7.71. The van der Waals surface area contributed by atoms with Crippen molar-refractivity contribution in [1.82, 2.24) is 9.97 Å². The first kappa shape index (κ1) is 8.40. The van der Waals surface area contributed by atoms with E-state index in [4.69, 9.17) is 12.2 Å². The van der Waals surface area contributed by atoms with Gasteiger partial charge in [0.15, 0.2) is 4.77 Å². The Morgan fingerprint density at radius 2 is 2.31 bits per heavy atom. The Labute approximate surface area is 83.1 Å². The van der Waals surface area contributed by atoms with Gasteiger partial charge in [-0.25, -0.2) is 0 Å². The van der Waals surface area contributed by atoms with Crippen LogP contribution in [-0.4, -0.2) is 9.97 Å². The van der Waals surface area contributed by atoms with Gasteiger partial charge in [0, 0.05) is 11.1 Å². The van der Waals surface area contributed by atoms with Crippen LogP contribution < -0.4 is 5.56 Å². The largest absolute Gasteiger partial charge is 0.338 e. The molecule has 0 aliphatic heterocycles. The fraction of sp³-hybridized carbons (Fsp3) is 0. The summed E-state index contributed by atoms with van der Waals surface area (Å²) in [6.07, 6.45) is 1.63. The van der Waals surface area contributed by atoms with Crippen molar-refractivity contribution >= 4 is 23.6 Å². The molecular formula is C8H6N2OS2. The fourth-order valence-corrected chi connectivity index (χ4v) is 1.92. The van der Waals surface area contributed by atoms with E-state index in [2.05, 4.69) is 9.97 Å². The van der Waals surface area contributed by atoms with Crippen LogP contribution >= 0.6 is 23.6 Å². The maximum atomic E-state index is 11.4. The summed E-state index contributed by atoms with van der Waals surface area (Å²) >= 11 is 6.30. The zero-order valence-electron chi connectivity index (χ0n) is 6.53. The summed E-state index contributed by atoms with van der Waals surface area (Å²) < 4.78 is 0.352. The first-order valence-electron chi connectivity index (χ1n) is 3.63. The van der Waals surface area contributed by atoms with Gasteiger partial charge in [-0.15, -0.1) is 11.3 Å². The summed E-state index contributed by atoms with van der Waals surface area (Å²) in [4.78, 5) is 17.7. The molecule has 0 aliphatic rings. The number of H-pyrrole nitrogens is 2. The Bertz CT molecular complexity index is 509. The van der Waals surface area contributed by atoms with E-state index in [0.29, 0.717) is 10.3 Å². The van der Waals surface area contributed by atoms with Crippen molar-refractivity contribution in [3.8, 4) is 10.4 Å². The number of hydrogen-bond donors (Lipinski definition) is 2. The van der Waals surface area contributed by atoms with Crippen LogP contribution in [0.15, 0.2) is 28.5 Å². The van der Waals surface area contributed by atoms with Gasteiger partial charge < -0.3 is 4.98 Å². The van der Waals surface area contributed by atoms with Crippen molar-refractivity contribution in [1.29, 1.82) is 0 Å². The molecule has 2 aromatic heterocycles. The van der Waals surface area contributed by atoms with Crippen LogP contribution in [0.4, 0.5) is 0 Å². The monoisotopic (exact) mass is 210 g/mol. The predicted octanol–water partition coefficient (Wildman–Crippen LogP) is 2.16. The molecule has 2 N–H and O–H groups in total. The van der Waals surface area contributed by atoms with Gasteiger partial charge >= 0.3 is 0 Å². The molecule has 0 aliphatic carbocycles. The van der Waals surface area contributed by atoms with Gasteiger partial charge in [0.2, 0.25) is 0 Å². The van der Waals surface area contributed by atoms with E-state index in [-0.39, 0.29) is 5.56 Å². The second-order valence-corrected chi connectivity index (χ2v) is 3.82. The molecule has 0 saturated carbocycles. The van der Waals surface area contributed by atoms with E-state index < -0.39 is 0 Å². The number of aromatic amines is 2. The van der Waals surface area contributed by atoms with Crippen molar-refractivity contribution in [3.63, 3.8) is 0 Å². The van der Waals surface area contributed by atoms with Gasteiger partial charge in [-0.05, 0) is 23.7 Å². The van der Waals surface area contributed by atoms with Gasteiger partial charge in [-0.1, -0.05) is 6.07 Å². The zero-order chi connectivity index (χ0) is 9.26. The lowest BCUT2D eigenvalue weighted by Crippen LogP contribution is -2.08. The summed E-state index contributed by atoms with van der Waals surface area (Å²) in [5.41, 5.74) is 0.481. The van der Waals surface area contributed by atoms with E-state index in [1.807, 2.05) is 17.5 Å². The third-order valence-electron chi connectivity index (χ3n) is 1.61. The van der Waals surface area contributed by atoms with Crippen molar-refractivity contribution in [3.05, 3.63) is 38.8 Å². The highest BCUT2D eigenvalue weighted by Gasteiger charge is 2.02. The Morgan fingerprint density at radius 3 is 2.92 bits per heavy atom. The molecule has 5 heteroatoms. The van der Waals surface area contributed by atoms with Crippen molar-refractivity contribution in [2.75, 3.05) is 0 Å². The lowest BCUT2D eigenvalue weighted by molar-refractivity contribution is 1.09. The summed E-state index contributed by atoms with van der Waals surface area (Å²) in [5, 5.41) is 1.93. The number of aromatic nitrogens is 2. The van der Waals surface area contributed by atoms with Crippen molar-refractivity contribution in [2.24, 2.45) is 0 Å². The molecule has 2 rings (SSSR count). The molecule has 0 saturated heterocycles. The molecule has 66 valence electrons. The van der Waals surface area contributed by atoms with Gasteiger partial charge in [0.05, 0.1) is 5.56 Å². The maximum absolute atomic E-state index is 11.4. The minimum Gasteiger partial charge on any atom is -0.338 e. The highest BCUT2D eigenvalue weighted by Crippen LogP contribution is 2.19. The van der Waals surface area contributed by atoms with Crippen LogP contribution in [-0.2, 0) is 0 Å². The lowest BCUT2D eigenvalue weighted by Gasteiger charge is -1.93. The average Bonchev–Trinajstić information content (AvgIpc) is 2.56. The molecule has 2 heterocycles. The number of nitrogens with one attached hydrogen (secondary N) is 2. The van der Waals surface area contributed by atoms with E-state index in [1.165, 1.54) is 11.3 Å². The molecule has 0 atom stereocenters. The minimum atomic E-state index is -0.147. The molecule has 0 unspecified atom stereocenters. The van der Waals surface area contributed by atoms with Gasteiger partial charge in [0.1, 0.15) is 0 Å². The smallest absolute Gasteiger partial charge is 0.260 e. The van der Waals surface area contributed by atoms with E-state index in [1.54, 1.807) is 6.20 Å². The average molecular weight is 210 g/mol. The minimum absolute atomic E-state index is 0.147. The third-order valence-corrected chi connectivity index (χ3v) is 2.73. The number of thiophene rings is 1. The molecule has 0 bridgehead atoms. The Hall–Kier alpha value is -1.20. The van der Waals surface area contributed by atoms with Crippen LogP contribution in [0.1, 0.15) is 0 Å². The zero-order valence-corrected chi connectivity index (χ0v) is 8.17. The van der Waals surface area contributed by atoms with Crippen molar-refractivity contribution in [2.45, 2.75) is 0 Å². The quantitative estimate of drug-likeness (QED) is 0.709. The Kier molecular flexibility index (Phi) is 2.12. The SMILES string of the molecule is O=c1[nH]c(=S)[nH]cc1-c1cccs1. The standard InChI is InChI=1S/C8H6N2OS2/c11-7-5(4-9-8(12)10-7)6-2-1-3-13-6/h1-4H,(H2,9,10,11,12). The van der Waals surface area contributed by atoms with Gasteiger partial charge in [-0.3, -0.25) is 9.78 Å². The maximum Gasteiger partial charge on any atom is 0.260 e. The molecule has 13 heavy (non-hydrogen) atoms. The molecule has 0 radical (unpaired) electrons. The van der Waals surface area contributed by atoms with Crippen LogP contribution in [0.3, 0.4) is 0 Å². The molecular weight excluding hydrogens is 204 g/mol. The van der Waals surface area contributed by atoms with Crippen LogP contribution in [0.5, 0.6) is 0 Å². The van der Waals surface area contributed by atoms with Crippen molar-refractivity contribution < 1.29 is 0 Å². The second kappa shape index (κ2) is 3.27. The second-order valence-electron chi connectivity index (χ2n) is 2.46. The Balaban J connectivity index is 2.67. The third kappa shape index (κ3) is 1.61. The molecule has 0 amide bonds. The summed E-state index contributed by atoms with van der Waals surface area (Å²) in [6, 6.07) is 3.80. The summed E-state index contributed by atoms with van der Waals surface area (Å²) in [6.45, 7) is 0. The van der Waals surface area contributed by atoms with E-state index >= 15 is 0 Å². The number of hydrogen-bond acceptors (Lipinski definition) is 3. The highest BCUT2D eigenvalue weighted by atomic mass is 32.1. The molecule has 0 fully saturated rings. The van der Waals surface area contributed by atoms with Gasteiger partial charge in [-0.2, -0.15) is 0 Å². The molecule has 2 aromatic rings. The fourth-order valence-electron chi connectivity index (χ4n) is 1.02.